The summed E-state index contributed by atoms with van der Waals surface area (Å²) in [5, 5.41) is 1.11. The number of hydrogen-bond donors (Lipinski definition) is 1. The van der Waals surface area contributed by atoms with Crippen molar-refractivity contribution in [1.82, 2.24) is 0 Å². The highest BCUT2D eigenvalue weighted by atomic mass is 16.3. The van der Waals surface area contributed by atoms with E-state index in [1.165, 1.54) is 0 Å². The topological polar surface area (TPSA) is 39.2 Å². The van der Waals surface area contributed by atoms with Gasteiger partial charge in [0.1, 0.15) is 11.3 Å². The fourth-order valence-electron chi connectivity index (χ4n) is 2.70. The third-order valence-electron chi connectivity index (χ3n) is 3.85. The third kappa shape index (κ3) is 2.15. The number of benzene rings is 3. The van der Waals surface area contributed by atoms with E-state index in [9.17, 15) is 0 Å². The van der Waals surface area contributed by atoms with Crippen LogP contribution in [0, 0.1) is 0 Å². The molecule has 0 saturated carbocycles. The number of furan rings is 1. The first kappa shape index (κ1) is 12.7. The monoisotopic (exact) mass is 285 g/mol. The van der Waals surface area contributed by atoms with E-state index in [1.807, 2.05) is 48.5 Å². The zero-order valence-corrected chi connectivity index (χ0v) is 12.0. The van der Waals surface area contributed by atoms with Gasteiger partial charge >= 0.3 is 0 Å². The molecule has 106 valence electrons. The van der Waals surface area contributed by atoms with Crippen LogP contribution in [-0.4, -0.2) is 0 Å². The van der Waals surface area contributed by atoms with E-state index in [1.54, 1.807) is 0 Å². The lowest BCUT2D eigenvalue weighted by molar-refractivity contribution is 0.631. The molecule has 0 fully saturated rings. The first-order chi connectivity index (χ1) is 10.8. The van der Waals surface area contributed by atoms with Crippen LogP contribution in [0.1, 0.15) is 0 Å². The van der Waals surface area contributed by atoms with Crippen molar-refractivity contribution in [3.8, 4) is 22.5 Å². The molecular formula is C20H15NO. The Hall–Kier alpha value is -3.00. The normalized spacial score (nSPS) is 10.9. The fourth-order valence-corrected chi connectivity index (χ4v) is 2.70. The van der Waals surface area contributed by atoms with Crippen molar-refractivity contribution in [2.45, 2.75) is 0 Å². The van der Waals surface area contributed by atoms with Crippen LogP contribution >= 0.6 is 0 Å². The van der Waals surface area contributed by atoms with Crippen LogP contribution in [0.15, 0.2) is 83.3 Å². The Bertz CT molecular complexity index is 905. The Morgan fingerprint density at radius 2 is 1.45 bits per heavy atom. The molecule has 22 heavy (non-hydrogen) atoms. The van der Waals surface area contributed by atoms with Gasteiger partial charge in [0, 0.05) is 22.2 Å². The minimum atomic E-state index is 0.770. The average molecular weight is 285 g/mol. The summed E-state index contributed by atoms with van der Waals surface area (Å²) in [6.45, 7) is 0. The molecule has 1 aromatic heterocycles. The van der Waals surface area contributed by atoms with Gasteiger partial charge in [-0.15, -0.1) is 0 Å². The smallest absolute Gasteiger partial charge is 0.135 e. The summed E-state index contributed by atoms with van der Waals surface area (Å²) >= 11 is 0. The van der Waals surface area contributed by atoms with E-state index in [0.717, 1.165) is 39.1 Å². The summed E-state index contributed by atoms with van der Waals surface area (Å²) < 4.78 is 5.94. The minimum absolute atomic E-state index is 0.770. The van der Waals surface area contributed by atoms with Crippen molar-refractivity contribution < 1.29 is 4.42 Å². The quantitative estimate of drug-likeness (QED) is 0.504. The summed E-state index contributed by atoms with van der Waals surface area (Å²) in [4.78, 5) is 0. The molecule has 4 rings (SSSR count). The Morgan fingerprint density at radius 1 is 0.682 bits per heavy atom. The van der Waals surface area contributed by atoms with Gasteiger partial charge in [0.2, 0.25) is 0 Å². The van der Waals surface area contributed by atoms with Gasteiger partial charge in [-0.25, -0.2) is 0 Å². The van der Waals surface area contributed by atoms with Crippen LogP contribution in [0.2, 0.25) is 0 Å². The molecule has 4 aromatic rings. The third-order valence-corrected chi connectivity index (χ3v) is 3.85. The molecule has 0 aliphatic heterocycles. The molecule has 0 bridgehead atoms. The maximum absolute atomic E-state index is 6.14. The van der Waals surface area contributed by atoms with Crippen molar-refractivity contribution in [1.29, 1.82) is 0 Å². The first-order valence-corrected chi connectivity index (χ1v) is 7.25. The van der Waals surface area contributed by atoms with Gasteiger partial charge in [-0.1, -0.05) is 48.5 Å². The van der Waals surface area contributed by atoms with Crippen LogP contribution < -0.4 is 5.73 Å². The molecule has 2 heteroatoms. The minimum Gasteiger partial charge on any atom is -0.456 e. The fraction of sp³-hybridized carbons (Fsp3) is 0. The number of rotatable bonds is 2. The maximum atomic E-state index is 6.14. The number of fused-ring (bicyclic) bond motifs is 1. The predicted molar refractivity (Wildman–Crippen MR) is 91.5 cm³/mol. The summed E-state index contributed by atoms with van der Waals surface area (Å²) in [5.41, 5.74) is 11.0. The second-order valence-electron chi connectivity index (χ2n) is 5.32. The number of nitrogens with two attached hydrogens (primary N) is 1. The first-order valence-electron chi connectivity index (χ1n) is 7.25. The number of nitrogen functional groups attached to an aromatic ring is 1. The predicted octanol–water partition coefficient (Wildman–Crippen LogP) is 5.35. The van der Waals surface area contributed by atoms with Crippen LogP contribution in [0.5, 0.6) is 0 Å². The SMILES string of the molecule is Nc1ccc(-c2cc3ccccc3o2)cc1-c1ccccc1. The molecule has 0 atom stereocenters. The Morgan fingerprint density at radius 3 is 2.27 bits per heavy atom. The molecule has 1 heterocycles. The molecule has 0 saturated heterocycles. The van der Waals surface area contributed by atoms with E-state index >= 15 is 0 Å². The zero-order chi connectivity index (χ0) is 14.9. The molecule has 0 aliphatic rings. The average Bonchev–Trinajstić information content (AvgIpc) is 3.00. The molecule has 0 amide bonds. The highest BCUT2D eigenvalue weighted by Crippen LogP contribution is 2.33. The standard InChI is InChI=1S/C20H15NO/c21-18-11-10-16(12-17(18)14-6-2-1-3-7-14)20-13-15-8-4-5-9-19(15)22-20/h1-13H,21H2. The Kier molecular flexibility index (Phi) is 2.94. The lowest BCUT2D eigenvalue weighted by Gasteiger charge is -2.07. The van der Waals surface area contributed by atoms with E-state index in [2.05, 4.69) is 30.3 Å². The molecular weight excluding hydrogens is 270 g/mol. The zero-order valence-electron chi connectivity index (χ0n) is 12.0. The van der Waals surface area contributed by atoms with Crippen molar-refractivity contribution >= 4 is 16.7 Å². The summed E-state index contributed by atoms with van der Waals surface area (Å²) in [7, 11) is 0. The van der Waals surface area contributed by atoms with E-state index in [0.29, 0.717) is 0 Å². The lowest BCUT2D eigenvalue weighted by atomic mass is 10.00. The molecule has 0 aliphatic carbocycles. The summed E-state index contributed by atoms with van der Waals surface area (Å²) in [5.74, 6) is 0.860. The highest BCUT2D eigenvalue weighted by Gasteiger charge is 2.09. The van der Waals surface area contributed by atoms with Crippen LogP contribution in [0.25, 0.3) is 33.4 Å². The van der Waals surface area contributed by atoms with Gasteiger partial charge in [-0.05, 0) is 35.9 Å². The summed E-state index contributed by atoms with van der Waals surface area (Å²) in [6, 6.07) is 26.3. The van der Waals surface area contributed by atoms with Gasteiger partial charge in [0.25, 0.3) is 0 Å². The van der Waals surface area contributed by atoms with Gasteiger partial charge in [0.15, 0.2) is 0 Å². The summed E-state index contributed by atoms with van der Waals surface area (Å²) in [6.07, 6.45) is 0. The molecule has 0 spiro atoms. The number of para-hydroxylation sites is 1. The highest BCUT2D eigenvalue weighted by molar-refractivity contribution is 5.85. The Labute approximate surface area is 128 Å². The molecule has 3 aromatic carbocycles. The van der Waals surface area contributed by atoms with Crippen molar-refractivity contribution in [2.75, 3.05) is 5.73 Å². The maximum Gasteiger partial charge on any atom is 0.135 e. The molecule has 0 radical (unpaired) electrons. The van der Waals surface area contributed by atoms with Crippen LogP contribution in [0.3, 0.4) is 0 Å². The van der Waals surface area contributed by atoms with Crippen molar-refractivity contribution in [3.05, 3.63) is 78.9 Å². The largest absolute Gasteiger partial charge is 0.456 e. The van der Waals surface area contributed by atoms with Crippen molar-refractivity contribution in [3.63, 3.8) is 0 Å². The Balaban J connectivity index is 1.86. The molecule has 0 unspecified atom stereocenters. The van der Waals surface area contributed by atoms with Gasteiger partial charge in [-0.3, -0.25) is 0 Å². The lowest BCUT2D eigenvalue weighted by Crippen LogP contribution is -1.90. The number of anilines is 1. The van der Waals surface area contributed by atoms with Gasteiger partial charge in [-0.2, -0.15) is 0 Å². The van der Waals surface area contributed by atoms with Crippen molar-refractivity contribution in [2.24, 2.45) is 0 Å². The van der Waals surface area contributed by atoms with E-state index < -0.39 is 0 Å². The molecule has 2 N–H and O–H groups in total. The molecule has 2 nitrogen and oxygen atoms in total. The van der Waals surface area contributed by atoms with Crippen LogP contribution in [-0.2, 0) is 0 Å². The van der Waals surface area contributed by atoms with Gasteiger partial charge in [0.05, 0.1) is 0 Å². The van der Waals surface area contributed by atoms with E-state index in [4.69, 9.17) is 10.2 Å². The van der Waals surface area contributed by atoms with E-state index in [-0.39, 0.29) is 0 Å². The second-order valence-corrected chi connectivity index (χ2v) is 5.32. The number of hydrogen-bond acceptors (Lipinski definition) is 2. The van der Waals surface area contributed by atoms with Crippen LogP contribution in [0.4, 0.5) is 5.69 Å². The second kappa shape index (κ2) is 5.08. The van der Waals surface area contributed by atoms with Gasteiger partial charge < -0.3 is 10.2 Å².